The number of ether oxygens (including phenoxy) is 2. The first-order chi connectivity index (χ1) is 13.5. The topological polar surface area (TPSA) is 78.4 Å². The number of hydrogen-bond acceptors (Lipinski definition) is 5. The third kappa shape index (κ3) is 6.92. The zero-order chi connectivity index (χ0) is 20.4. The number of likely N-dealkylation sites (N-methyl/N-ethyl adjacent to an activating group) is 1. The van der Waals surface area contributed by atoms with Crippen molar-refractivity contribution in [3.8, 4) is 5.75 Å². The van der Waals surface area contributed by atoms with Crippen LogP contribution >= 0.6 is 0 Å². The van der Waals surface area contributed by atoms with E-state index in [1.54, 1.807) is 33.2 Å². The van der Waals surface area contributed by atoms with Gasteiger partial charge in [-0.2, -0.15) is 0 Å². The van der Waals surface area contributed by atoms with E-state index in [4.69, 9.17) is 9.47 Å². The van der Waals surface area contributed by atoms with E-state index >= 15 is 0 Å². The molecule has 0 aromatic heterocycles. The summed E-state index contributed by atoms with van der Waals surface area (Å²) in [4.78, 5) is 20.2. The number of benzene rings is 1. The number of nitrogens with zero attached hydrogens (tertiary/aromatic N) is 3. The maximum atomic E-state index is 11.9. The van der Waals surface area contributed by atoms with Crippen LogP contribution in [0.2, 0.25) is 0 Å². The number of amides is 1. The number of rotatable bonds is 8. The first-order valence-electron chi connectivity index (χ1n) is 9.66. The summed E-state index contributed by atoms with van der Waals surface area (Å²) < 4.78 is 10.4. The van der Waals surface area contributed by atoms with Crippen LogP contribution in [-0.2, 0) is 9.53 Å². The van der Waals surface area contributed by atoms with Gasteiger partial charge in [-0.1, -0.05) is 6.07 Å². The van der Waals surface area contributed by atoms with Crippen LogP contribution in [0.25, 0.3) is 0 Å². The number of methoxy groups -OCH3 is 2. The maximum Gasteiger partial charge on any atom is 0.243 e. The number of nitrogens with one attached hydrogen (secondary N) is 2. The van der Waals surface area contributed by atoms with Crippen LogP contribution in [0.1, 0.15) is 12.8 Å². The quantitative estimate of drug-likeness (QED) is 0.390. The van der Waals surface area contributed by atoms with Gasteiger partial charge in [-0.05, 0) is 25.0 Å². The molecule has 1 aromatic rings. The largest absolute Gasteiger partial charge is 0.497 e. The third-order valence-electron chi connectivity index (χ3n) is 4.65. The molecule has 1 fully saturated rings. The summed E-state index contributed by atoms with van der Waals surface area (Å²) in [7, 11) is 6.81. The van der Waals surface area contributed by atoms with Gasteiger partial charge in [0, 0.05) is 58.6 Å². The van der Waals surface area contributed by atoms with E-state index < -0.39 is 0 Å². The third-order valence-corrected chi connectivity index (χ3v) is 4.65. The molecule has 1 amide bonds. The van der Waals surface area contributed by atoms with E-state index in [1.807, 2.05) is 12.1 Å². The summed E-state index contributed by atoms with van der Waals surface area (Å²) >= 11 is 0. The van der Waals surface area contributed by atoms with Gasteiger partial charge in [0.25, 0.3) is 0 Å². The molecule has 1 aromatic carbocycles. The maximum absolute atomic E-state index is 11.9. The van der Waals surface area contributed by atoms with Gasteiger partial charge in [0.05, 0.1) is 13.7 Å². The molecule has 1 unspecified atom stereocenters. The minimum atomic E-state index is -0.0329. The Labute approximate surface area is 167 Å². The van der Waals surface area contributed by atoms with Gasteiger partial charge >= 0.3 is 0 Å². The molecule has 2 rings (SSSR count). The molecule has 1 heterocycles. The predicted octanol–water partition coefficient (Wildman–Crippen LogP) is 0.934. The zero-order valence-electron chi connectivity index (χ0n) is 17.4. The molecule has 8 nitrogen and oxygen atoms in total. The van der Waals surface area contributed by atoms with Crippen LogP contribution in [0.4, 0.5) is 5.69 Å². The highest BCUT2D eigenvalue weighted by Crippen LogP contribution is 2.24. The molecule has 0 bridgehead atoms. The minimum Gasteiger partial charge on any atom is -0.497 e. The summed E-state index contributed by atoms with van der Waals surface area (Å²) in [5.74, 6) is 1.47. The molecular formula is C20H33N5O3. The number of aliphatic imine (C=N–C) groups is 1. The highest BCUT2D eigenvalue weighted by Gasteiger charge is 2.21. The lowest BCUT2D eigenvalue weighted by atomic mass is 10.0. The van der Waals surface area contributed by atoms with Crippen LogP contribution < -0.4 is 20.3 Å². The van der Waals surface area contributed by atoms with Crippen molar-refractivity contribution in [3.05, 3.63) is 24.3 Å². The van der Waals surface area contributed by atoms with Gasteiger partial charge in [-0.15, -0.1) is 0 Å². The molecule has 156 valence electrons. The van der Waals surface area contributed by atoms with Crippen LogP contribution in [0.15, 0.2) is 29.3 Å². The SMILES string of the molecule is COCCNC(=NCC(=O)N(C)C)NC1CCCN(c2cccc(OC)c2)C1. The highest BCUT2D eigenvalue weighted by molar-refractivity contribution is 5.85. The first-order valence-corrected chi connectivity index (χ1v) is 9.66. The number of carbonyl (C=O) groups excluding carboxylic acids is 1. The van der Waals surface area contributed by atoms with Crippen LogP contribution in [-0.4, -0.2) is 83.9 Å². The summed E-state index contributed by atoms with van der Waals surface area (Å²) in [5, 5.41) is 6.72. The summed E-state index contributed by atoms with van der Waals surface area (Å²) in [6, 6.07) is 8.37. The Hall–Kier alpha value is -2.48. The lowest BCUT2D eigenvalue weighted by molar-refractivity contribution is -0.127. The fraction of sp³-hybridized carbons (Fsp3) is 0.600. The summed E-state index contributed by atoms with van der Waals surface area (Å²) in [5.41, 5.74) is 1.15. The Balaban J connectivity index is 2.00. The zero-order valence-corrected chi connectivity index (χ0v) is 17.4. The van der Waals surface area contributed by atoms with E-state index in [0.717, 1.165) is 37.4 Å². The molecule has 1 saturated heterocycles. The van der Waals surface area contributed by atoms with Crippen molar-refractivity contribution in [2.75, 3.05) is 66.0 Å². The monoisotopic (exact) mass is 391 g/mol. The van der Waals surface area contributed by atoms with E-state index in [-0.39, 0.29) is 18.5 Å². The number of piperidine rings is 1. The Morgan fingerprint density at radius 2 is 2.18 bits per heavy atom. The molecule has 1 aliphatic rings. The van der Waals surface area contributed by atoms with Gasteiger partial charge in [-0.25, -0.2) is 4.99 Å². The van der Waals surface area contributed by atoms with Crippen molar-refractivity contribution in [2.45, 2.75) is 18.9 Å². The molecule has 0 saturated carbocycles. The van der Waals surface area contributed by atoms with Gasteiger partial charge in [0.15, 0.2) is 5.96 Å². The van der Waals surface area contributed by atoms with E-state index in [0.29, 0.717) is 19.1 Å². The van der Waals surface area contributed by atoms with Gasteiger partial charge < -0.3 is 29.9 Å². The van der Waals surface area contributed by atoms with Gasteiger partial charge in [0.2, 0.25) is 5.91 Å². The standard InChI is InChI=1S/C20H33N5O3/c1-24(2)19(26)14-22-20(21-10-12-27-3)23-16-7-6-11-25(15-16)17-8-5-9-18(13-17)28-4/h5,8-9,13,16H,6-7,10-12,14-15H2,1-4H3,(H2,21,22,23). The highest BCUT2D eigenvalue weighted by atomic mass is 16.5. The normalized spacial score (nSPS) is 17.2. The van der Waals surface area contributed by atoms with Crippen LogP contribution in [0, 0.1) is 0 Å². The van der Waals surface area contributed by atoms with Crippen LogP contribution in [0.5, 0.6) is 5.75 Å². The number of carbonyl (C=O) groups is 1. The van der Waals surface area contributed by atoms with Crippen molar-refractivity contribution in [1.82, 2.24) is 15.5 Å². The van der Waals surface area contributed by atoms with E-state index in [9.17, 15) is 4.79 Å². The molecule has 1 aliphatic heterocycles. The fourth-order valence-corrected chi connectivity index (χ4v) is 3.04. The second kappa shape index (κ2) is 11.4. The number of guanidine groups is 1. The molecule has 1 atom stereocenters. The molecule has 28 heavy (non-hydrogen) atoms. The Bertz CT molecular complexity index is 650. The Morgan fingerprint density at radius 1 is 1.36 bits per heavy atom. The molecule has 0 radical (unpaired) electrons. The number of anilines is 1. The van der Waals surface area contributed by atoms with Crippen molar-refractivity contribution in [1.29, 1.82) is 0 Å². The molecule has 8 heteroatoms. The van der Waals surface area contributed by atoms with E-state index in [2.05, 4.69) is 32.7 Å². The lowest BCUT2D eigenvalue weighted by Crippen LogP contribution is -2.52. The number of hydrogen-bond donors (Lipinski definition) is 2. The lowest BCUT2D eigenvalue weighted by Gasteiger charge is -2.35. The average Bonchev–Trinajstić information content (AvgIpc) is 2.72. The molecule has 2 N–H and O–H groups in total. The Kier molecular flexibility index (Phi) is 8.87. The minimum absolute atomic E-state index is 0.0329. The second-order valence-corrected chi connectivity index (χ2v) is 7.00. The molecule has 0 aliphatic carbocycles. The van der Waals surface area contributed by atoms with Crippen LogP contribution in [0.3, 0.4) is 0 Å². The van der Waals surface area contributed by atoms with Crippen molar-refractivity contribution in [3.63, 3.8) is 0 Å². The van der Waals surface area contributed by atoms with Crippen molar-refractivity contribution >= 4 is 17.6 Å². The summed E-state index contributed by atoms with van der Waals surface area (Å²) in [6.45, 7) is 3.18. The van der Waals surface area contributed by atoms with Crippen molar-refractivity contribution < 1.29 is 14.3 Å². The molecule has 0 spiro atoms. The first kappa shape index (κ1) is 21.8. The Morgan fingerprint density at radius 3 is 2.89 bits per heavy atom. The summed E-state index contributed by atoms with van der Waals surface area (Å²) in [6.07, 6.45) is 2.13. The average molecular weight is 392 g/mol. The van der Waals surface area contributed by atoms with Gasteiger partial charge in [0.1, 0.15) is 12.3 Å². The smallest absolute Gasteiger partial charge is 0.243 e. The molecular weight excluding hydrogens is 358 g/mol. The second-order valence-electron chi connectivity index (χ2n) is 7.00. The van der Waals surface area contributed by atoms with Gasteiger partial charge in [-0.3, -0.25) is 4.79 Å². The van der Waals surface area contributed by atoms with Crippen molar-refractivity contribution in [2.24, 2.45) is 4.99 Å². The van der Waals surface area contributed by atoms with E-state index in [1.165, 1.54) is 0 Å². The fourth-order valence-electron chi connectivity index (χ4n) is 3.04. The predicted molar refractivity (Wildman–Crippen MR) is 112 cm³/mol.